The number of nitrogens with zero attached hydrogens (tertiary/aromatic N) is 1. The van der Waals surface area contributed by atoms with Gasteiger partial charge in [0.15, 0.2) is 5.96 Å². The van der Waals surface area contributed by atoms with Crippen LogP contribution in [0.3, 0.4) is 0 Å². The molecular weight excluding hydrogens is 546 g/mol. The van der Waals surface area contributed by atoms with Gasteiger partial charge >= 0.3 is 11.9 Å². The van der Waals surface area contributed by atoms with E-state index in [1.54, 1.807) is 6.26 Å². The van der Waals surface area contributed by atoms with Gasteiger partial charge in [-0.25, -0.2) is 4.79 Å². The summed E-state index contributed by atoms with van der Waals surface area (Å²) in [5.74, 6) is -4.98. The predicted molar refractivity (Wildman–Crippen MR) is 148 cm³/mol. The summed E-state index contributed by atoms with van der Waals surface area (Å²) in [6.07, 6.45) is 1.57. The van der Waals surface area contributed by atoms with Crippen molar-refractivity contribution in [2.75, 3.05) is 18.6 Å². The summed E-state index contributed by atoms with van der Waals surface area (Å²) in [5, 5.41) is 35.4. The van der Waals surface area contributed by atoms with E-state index in [2.05, 4.69) is 20.9 Å². The Labute approximate surface area is 235 Å². The van der Waals surface area contributed by atoms with Crippen molar-refractivity contribution in [3.05, 3.63) is 29.8 Å². The molecule has 12 N–H and O–H groups in total. The quantitative estimate of drug-likeness (QED) is 0.0520. The normalized spacial score (nSPS) is 13.7. The third-order valence-electron chi connectivity index (χ3n) is 5.55. The molecule has 1 rings (SSSR count). The number of hydrogen-bond donors (Lipinski definition) is 9. The van der Waals surface area contributed by atoms with Crippen LogP contribution in [0.4, 0.5) is 0 Å². The maximum Gasteiger partial charge on any atom is 0.326 e. The molecule has 0 aliphatic rings. The molecule has 16 heteroatoms. The molecular formula is C24H37N7O8S. The monoisotopic (exact) mass is 583 g/mol. The molecule has 0 fully saturated rings. The highest BCUT2D eigenvalue weighted by Gasteiger charge is 2.31. The first-order chi connectivity index (χ1) is 18.8. The minimum absolute atomic E-state index is 0.0288. The highest BCUT2D eigenvalue weighted by Crippen LogP contribution is 2.12. The number of phenolic OH excluding ortho intramolecular Hbond substituents is 1. The van der Waals surface area contributed by atoms with Crippen LogP contribution in [-0.4, -0.2) is 93.7 Å². The second-order valence-corrected chi connectivity index (χ2v) is 9.81. The van der Waals surface area contributed by atoms with E-state index in [0.29, 0.717) is 17.7 Å². The first kappa shape index (κ1) is 34.0. The summed E-state index contributed by atoms with van der Waals surface area (Å²) in [5.41, 5.74) is 16.9. The minimum atomic E-state index is -1.63. The molecule has 40 heavy (non-hydrogen) atoms. The Morgan fingerprint density at radius 2 is 1.48 bits per heavy atom. The van der Waals surface area contributed by atoms with E-state index in [1.165, 1.54) is 36.0 Å². The summed E-state index contributed by atoms with van der Waals surface area (Å²) in [6.45, 7) is 0.260. The van der Waals surface area contributed by atoms with Gasteiger partial charge in [0, 0.05) is 13.0 Å². The van der Waals surface area contributed by atoms with Gasteiger partial charge in [-0.05, 0) is 49.0 Å². The van der Waals surface area contributed by atoms with E-state index >= 15 is 0 Å². The molecule has 15 nitrogen and oxygen atoms in total. The van der Waals surface area contributed by atoms with Gasteiger partial charge < -0.3 is 48.5 Å². The second kappa shape index (κ2) is 17.5. The highest BCUT2D eigenvalue weighted by molar-refractivity contribution is 7.98. The minimum Gasteiger partial charge on any atom is -0.508 e. The van der Waals surface area contributed by atoms with Crippen LogP contribution in [0.1, 0.15) is 31.2 Å². The third-order valence-corrected chi connectivity index (χ3v) is 6.19. The van der Waals surface area contributed by atoms with E-state index in [0.717, 1.165) is 0 Å². The fourth-order valence-electron chi connectivity index (χ4n) is 3.43. The van der Waals surface area contributed by atoms with Crippen molar-refractivity contribution in [3.63, 3.8) is 0 Å². The molecule has 222 valence electrons. The summed E-state index contributed by atoms with van der Waals surface area (Å²) in [7, 11) is 0. The second-order valence-electron chi connectivity index (χ2n) is 8.83. The molecule has 0 aromatic heterocycles. The Kier molecular flexibility index (Phi) is 14.9. The molecule has 0 saturated heterocycles. The van der Waals surface area contributed by atoms with Crippen LogP contribution in [0.2, 0.25) is 0 Å². The lowest BCUT2D eigenvalue weighted by Gasteiger charge is -2.24. The molecule has 1 aromatic carbocycles. The highest BCUT2D eigenvalue weighted by atomic mass is 32.2. The molecule has 0 saturated carbocycles. The molecule has 0 aliphatic heterocycles. The largest absolute Gasteiger partial charge is 0.508 e. The fourth-order valence-corrected chi connectivity index (χ4v) is 3.90. The number of carbonyl (C=O) groups excluding carboxylic acids is 3. The van der Waals surface area contributed by atoms with E-state index in [1.807, 2.05) is 0 Å². The average Bonchev–Trinajstić information content (AvgIpc) is 2.88. The van der Waals surface area contributed by atoms with Gasteiger partial charge in [-0.15, -0.1) is 0 Å². The fraction of sp³-hybridized carbons (Fsp3) is 0.500. The molecule has 1 aromatic rings. The van der Waals surface area contributed by atoms with Crippen molar-refractivity contribution in [3.8, 4) is 5.75 Å². The van der Waals surface area contributed by atoms with Crippen molar-refractivity contribution >= 4 is 47.4 Å². The van der Waals surface area contributed by atoms with Crippen LogP contribution in [-0.2, 0) is 30.4 Å². The van der Waals surface area contributed by atoms with Crippen molar-refractivity contribution in [1.82, 2.24) is 16.0 Å². The number of nitrogens with one attached hydrogen (secondary N) is 3. The van der Waals surface area contributed by atoms with E-state index < -0.39 is 60.2 Å². The molecule has 0 bridgehead atoms. The molecule has 0 aliphatic carbocycles. The zero-order valence-electron chi connectivity index (χ0n) is 22.0. The first-order valence-electron chi connectivity index (χ1n) is 12.3. The van der Waals surface area contributed by atoms with Crippen LogP contribution >= 0.6 is 11.8 Å². The molecule has 4 unspecified atom stereocenters. The summed E-state index contributed by atoms with van der Waals surface area (Å²) < 4.78 is 0. The third kappa shape index (κ3) is 13.1. The van der Waals surface area contributed by atoms with Crippen molar-refractivity contribution in [1.29, 1.82) is 0 Å². The Balaban J connectivity index is 2.94. The van der Waals surface area contributed by atoms with Crippen LogP contribution in [0.15, 0.2) is 29.3 Å². The number of carbonyl (C=O) groups is 5. The first-order valence-corrected chi connectivity index (χ1v) is 13.7. The van der Waals surface area contributed by atoms with Gasteiger partial charge in [0.25, 0.3) is 0 Å². The number of hydrogen-bond acceptors (Lipinski definition) is 9. The van der Waals surface area contributed by atoms with Gasteiger partial charge in [-0.3, -0.25) is 24.2 Å². The average molecular weight is 584 g/mol. The SMILES string of the molecule is CSCCC(NC(=O)C(N)CCCN=C(N)N)C(=O)NC(CC(=O)O)C(=O)NC(Cc1ccc(O)cc1)C(=O)O. The lowest BCUT2D eigenvalue weighted by molar-refractivity contribution is -0.143. The molecule has 4 atom stereocenters. The number of phenols is 1. The number of carboxylic acids is 2. The molecule has 0 spiro atoms. The van der Waals surface area contributed by atoms with Gasteiger partial charge in [0.2, 0.25) is 17.7 Å². The maximum absolute atomic E-state index is 13.0. The number of aliphatic imine (C=N–C) groups is 1. The lowest BCUT2D eigenvalue weighted by Crippen LogP contribution is -2.57. The number of nitrogens with two attached hydrogens (primary N) is 3. The molecule has 3 amide bonds. The number of guanidine groups is 1. The number of amides is 3. The van der Waals surface area contributed by atoms with Crippen molar-refractivity contribution < 1.29 is 39.3 Å². The van der Waals surface area contributed by atoms with Crippen LogP contribution in [0, 0.1) is 0 Å². The van der Waals surface area contributed by atoms with Gasteiger partial charge in [-0.1, -0.05) is 12.1 Å². The van der Waals surface area contributed by atoms with Crippen LogP contribution in [0.25, 0.3) is 0 Å². The number of aliphatic carboxylic acids is 2. The predicted octanol–water partition coefficient (Wildman–Crippen LogP) is -1.92. The van der Waals surface area contributed by atoms with Crippen molar-refractivity contribution in [2.45, 2.75) is 56.3 Å². The van der Waals surface area contributed by atoms with Crippen molar-refractivity contribution in [2.24, 2.45) is 22.2 Å². The Morgan fingerprint density at radius 3 is 2.02 bits per heavy atom. The lowest BCUT2D eigenvalue weighted by atomic mass is 10.0. The number of thioether (sulfide) groups is 1. The summed E-state index contributed by atoms with van der Waals surface area (Å²) >= 11 is 1.40. The van der Waals surface area contributed by atoms with Crippen LogP contribution in [0.5, 0.6) is 5.75 Å². The van der Waals surface area contributed by atoms with E-state index in [-0.39, 0.29) is 37.5 Å². The zero-order valence-corrected chi connectivity index (χ0v) is 22.9. The van der Waals surface area contributed by atoms with Gasteiger partial charge in [-0.2, -0.15) is 11.8 Å². The number of benzene rings is 1. The number of aromatic hydroxyl groups is 1. The summed E-state index contributed by atoms with van der Waals surface area (Å²) in [6, 6.07) is 0.443. The number of rotatable bonds is 18. The Hall–Kier alpha value is -4.05. The summed E-state index contributed by atoms with van der Waals surface area (Å²) in [4.78, 5) is 65.5. The Bertz CT molecular complexity index is 1050. The number of carboxylic acid groups (broad SMARTS) is 2. The van der Waals surface area contributed by atoms with Gasteiger partial charge in [0.05, 0.1) is 12.5 Å². The van der Waals surface area contributed by atoms with E-state index in [4.69, 9.17) is 17.2 Å². The zero-order chi connectivity index (χ0) is 30.2. The van der Waals surface area contributed by atoms with Gasteiger partial charge in [0.1, 0.15) is 23.9 Å². The smallest absolute Gasteiger partial charge is 0.326 e. The molecule has 0 heterocycles. The maximum atomic E-state index is 13.0. The molecule has 0 radical (unpaired) electrons. The topological polar surface area (TPSA) is 273 Å². The standard InChI is InChI=1S/C24H37N7O8S/c1-40-10-8-16(29-20(35)15(25)3-2-9-28-24(26)27)21(36)30-17(12-19(33)34)22(37)31-18(23(38)39)11-13-4-6-14(32)7-5-13/h4-7,15-18,32H,2-3,8-12,25H2,1H3,(H,29,35)(H,30,36)(H,31,37)(H,33,34)(H,38,39)(H4,26,27,28). The van der Waals surface area contributed by atoms with E-state index in [9.17, 15) is 39.3 Å². The Morgan fingerprint density at radius 1 is 0.900 bits per heavy atom. The van der Waals surface area contributed by atoms with Crippen LogP contribution < -0.4 is 33.2 Å².